The molecule has 0 spiro atoms. The Morgan fingerprint density at radius 3 is 1.56 bits per heavy atom. The van der Waals surface area contributed by atoms with Crippen molar-refractivity contribution in [2.45, 2.75) is 84.2 Å². The van der Waals surface area contributed by atoms with Crippen LogP contribution < -0.4 is 16.0 Å². The summed E-state index contributed by atoms with van der Waals surface area (Å²) in [4.78, 5) is 125. The van der Waals surface area contributed by atoms with Gasteiger partial charge in [-0.05, 0) is 36.6 Å². The average molecular weight is 914 g/mol. The lowest BCUT2D eigenvalue weighted by atomic mass is 9.86. The number of halogens is 1. The monoisotopic (exact) mass is 913 g/mol. The van der Waals surface area contributed by atoms with Crippen LogP contribution in [0.4, 0.5) is 4.39 Å². The summed E-state index contributed by atoms with van der Waals surface area (Å²) in [7, 11) is 0. The van der Waals surface area contributed by atoms with Crippen LogP contribution in [0.5, 0.6) is 0 Å². The number of aliphatic carboxylic acids is 4. The molecule has 0 saturated heterocycles. The molecular formula is C42H60FN3O18. The molecule has 0 aliphatic rings. The molecule has 0 radical (unpaired) electrons. The molecule has 0 aliphatic carbocycles. The number of hydrogen-bond acceptors (Lipinski definition) is 14. The van der Waals surface area contributed by atoms with Crippen LogP contribution in [-0.4, -0.2) is 151 Å². The lowest BCUT2D eigenvalue weighted by Crippen LogP contribution is -2.49. The van der Waals surface area contributed by atoms with E-state index >= 15 is 0 Å². The number of ketones is 3. The number of carbonyl (C=O) groups excluding carboxylic acids is 6. The van der Waals surface area contributed by atoms with Crippen molar-refractivity contribution in [1.29, 1.82) is 0 Å². The van der Waals surface area contributed by atoms with Crippen molar-refractivity contribution in [3.05, 3.63) is 35.6 Å². The first-order chi connectivity index (χ1) is 30.2. The van der Waals surface area contributed by atoms with E-state index < -0.39 is 145 Å². The molecule has 1 rings (SSSR count). The van der Waals surface area contributed by atoms with Gasteiger partial charge in [0.25, 0.3) is 0 Å². The number of nitrogens with one attached hydrogen (secondary N) is 3. The summed E-state index contributed by atoms with van der Waals surface area (Å²) in [6.07, 6.45) is -4.66. The third-order valence-corrected chi connectivity index (χ3v) is 9.47. The van der Waals surface area contributed by atoms with E-state index in [0.717, 1.165) is 24.3 Å². The summed E-state index contributed by atoms with van der Waals surface area (Å²) in [6, 6.07) is 1.11. The van der Waals surface area contributed by atoms with Crippen molar-refractivity contribution in [1.82, 2.24) is 16.0 Å². The summed E-state index contributed by atoms with van der Waals surface area (Å²) >= 11 is 0. The van der Waals surface area contributed by atoms with Gasteiger partial charge in [-0.1, -0.05) is 20.8 Å². The summed E-state index contributed by atoms with van der Waals surface area (Å²) in [5.74, 6) is -15.1. The van der Waals surface area contributed by atoms with Gasteiger partial charge in [0.2, 0.25) is 17.7 Å². The van der Waals surface area contributed by atoms with Crippen LogP contribution in [0.15, 0.2) is 24.3 Å². The number of rotatable bonds is 37. The number of ether oxygens (including phenoxy) is 4. The fourth-order valence-corrected chi connectivity index (χ4v) is 5.88. The number of Topliss-reactive ketones (excluding diaryl/α,β-unsaturated/α-hetero) is 3. The Kier molecular flexibility index (Phi) is 27.4. The molecule has 358 valence electrons. The van der Waals surface area contributed by atoms with Gasteiger partial charge < -0.3 is 55.3 Å². The smallest absolute Gasteiger partial charge is 0.305 e. The van der Waals surface area contributed by atoms with Crippen LogP contribution >= 0.6 is 0 Å². The molecule has 0 fully saturated rings. The first kappa shape index (κ1) is 56.3. The second-order valence-corrected chi connectivity index (χ2v) is 15.1. The van der Waals surface area contributed by atoms with Gasteiger partial charge >= 0.3 is 23.9 Å². The van der Waals surface area contributed by atoms with E-state index in [-0.39, 0.29) is 71.4 Å². The molecule has 3 amide bonds. The number of carbonyl (C=O) groups is 10. The Hall–Kier alpha value is -5.71. The minimum absolute atomic E-state index is 0.0104. The predicted octanol–water partition coefficient (Wildman–Crippen LogP) is 1.28. The molecule has 0 aromatic heterocycles. The van der Waals surface area contributed by atoms with Crippen LogP contribution in [0.2, 0.25) is 0 Å². The highest BCUT2D eigenvalue weighted by molar-refractivity contribution is 6.00. The number of carboxylic acids is 4. The fraction of sp³-hybridized carbons (Fsp3) is 0.619. The summed E-state index contributed by atoms with van der Waals surface area (Å²) < 4.78 is 34.5. The third kappa shape index (κ3) is 24.8. The van der Waals surface area contributed by atoms with Crippen molar-refractivity contribution >= 4 is 58.9 Å². The fourth-order valence-electron chi connectivity index (χ4n) is 5.88. The maximum Gasteiger partial charge on any atom is 0.305 e. The molecule has 1 unspecified atom stereocenters. The molecule has 0 bridgehead atoms. The van der Waals surface area contributed by atoms with Gasteiger partial charge in [-0.2, -0.15) is 0 Å². The Labute approximate surface area is 369 Å². The van der Waals surface area contributed by atoms with Gasteiger partial charge in [0.1, 0.15) is 5.82 Å². The van der Waals surface area contributed by atoms with E-state index in [1.807, 2.05) is 0 Å². The topological polar surface area (TPSA) is 325 Å². The average Bonchev–Trinajstić information content (AvgIpc) is 3.21. The van der Waals surface area contributed by atoms with Crippen LogP contribution in [0, 0.1) is 29.5 Å². The maximum atomic E-state index is 13.7. The minimum Gasteiger partial charge on any atom is -0.481 e. The number of carboxylic acid groups (broad SMARTS) is 4. The maximum absolute atomic E-state index is 13.7. The minimum atomic E-state index is -1.61. The Morgan fingerprint density at radius 2 is 1.05 bits per heavy atom. The highest BCUT2D eigenvalue weighted by atomic mass is 19.1. The number of benzene rings is 1. The Balaban J connectivity index is 2.80. The number of hydrogen-bond donors (Lipinski definition) is 7. The molecule has 0 aliphatic heterocycles. The molecule has 22 heteroatoms. The molecule has 5 atom stereocenters. The van der Waals surface area contributed by atoms with E-state index in [0.29, 0.717) is 0 Å². The van der Waals surface area contributed by atoms with Gasteiger partial charge in [0.05, 0.1) is 90.1 Å². The van der Waals surface area contributed by atoms with Crippen LogP contribution in [0.3, 0.4) is 0 Å². The quantitative estimate of drug-likeness (QED) is 0.0365. The largest absolute Gasteiger partial charge is 0.481 e. The normalized spacial score (nSPS) is 13.5. The van der Waals surface area contributed by atoms with Crippen molar-refractivity contribution in [2.24, 2.45) is 23.7 Å². The summed E-state index contributed by atoms with van der Waals surface area (Å²) in [6.45, 7) is 6.33. The van der Waals surface area contributed by atoms with Crippen molar-refractivity contribution in [3.63, 3.8) is 0 Å². The highest BCUT2D eigenvalue weighted by Gasteiger charge is 2.35. The standard InChI is InChI=1S/C42H60FN3O18/c1-25(2)30(23-35(49)31(8-9-36(50)51)45-41(59)28(22-38(54)55)21-33(47)27-4-6-29(43)7-5-27)42(60)46-32(24-39(56)57)34(48)20-26(3)40(58)44-11-13-62-15-17-64-19-18-63-16-14-61-12-10-37(52)53/h4-7,25-26,28,30-32H,8-24H2,1-3H3,(H,44,58)(H,45,59)(H,46,60)(H,50,51)(H,52,53)(H,54,55)(H,56,57)/t26-,28?,30+,31+,32+/m1/s1. The second kappa shape index (κ2) is 31.2. The molecular weight excluding hydrogens is 853 g/mol. The SMILES string of the molecule is CC(C)[C@H](CC(=O)[C@H](CCC(=O)O)NC(=O)C(CC(=O)O)CC(=O)c1ccc(F)cc1)C(=O)N[C@@H](CC(=O)O)C(=O)C[C@@H](C)C(=O)NCCOCCOCCOCCOCCC(=O)O. The molecule has 64 heavy (non-hydrogen) atoms. The van der Waals surface area contributed by atoms with Crippen LogP contribution in [-0.2, 0) is 62.1 Å². The second-order valence-electron chi connectivity index (χ2n) is 15.1. The zero-order valence-electron chi connectivity index (χ0n) is 36.2. The highest BCUT2D eigenvalue weighted by Crippen LogP contribution is 2.21. The molecule has 1 aromatic carbocycles. The Morgan fingerprint density at radius 1 is 0.547 bits per heavy atom. The first-order valence-corrected chi connectivity index (χ1v) is 20.6. The van der Waals surface area contributed by atoms with E-state index in [9.17, 15) is 67.7 Å². The van der Waals surface area contributed by atoms with Crippen molar-refractivity contribution in [3.8, 4) is 0 Å². The molecule has 21 nitrogen and oxygen atoms in total. The van der Waals surface area contributed by atoms with E-state index in [2.05, 4.69) is 16.0 Å². The predicted molar refractivity (Wildman–Crippen MR) is 219 cm³/mol. The lowest BCUT2D eigenvalue weighted by Gasteiger charge is -2.26. The summed E-state index contributed by atoms with van der Waals surface area (Å²) in [5, 5.41) is 44.1. The Bertz CT molecular complexity index is 1720. The molecule has 1 aromatic rings. The van der Waals surface area contributed by atoms with Crippen molar-refractivity contribution in [2.75, 3.05) is 59.4 Å². The molecule has 0 saturated carbocycles. The van der Waals surface area contributed by atoms with Gasteiger partial charge in [-0.3, -0.25) is 47.9 Å². The van der Waals surface area contributed by atoms with Crippen molar-refractivity contribution < 1.29 is 91.7 Å². The first-order valence-electron chi connectivity index (χ1n) is 20.6. The van der Waals surface area contributed by atoms with Gasteiger partial charge in [-0.15, -0.1) is 0 Å². The zero-order valence-corrected chi connectivity index (χ0v) is 36.2. The third-order valence-electron chi connectivity index (χ3n) is 9.47. The van der Waals surface area contributed by atoms with Gasteiger partial charge in [0.15, 0.2) is 17.3 Å². The van der Waals surface area contributed by atoms with Crippen LogP contribution in [0.1, 0.15) is 82.5 Å². The molecule has 0 heterocycles. The number of amides is 3. The summed E-state index contributed by atoms with van der Waals surface area (Å²) in [5.41, 5.74) is -0.0104. The van der Waals surface area contributed by atoms with Gasteiger partial charge in [-0.25, -0.2) is 4.39 Å². The van der Waals surface area contributed by atoms with E-state index in [1.54, 1.807) is 13.8 Å². The van der Waals surface area contributed by atoms with Gasteiger partial charge in [0, 0.05) is 49.6 Å². The van der Waals surface area contributed by atoms with E-state index in [1.165, 1.54) is 6.92 Å². The zero-order chi connectivity index (χ0) is 48.2. The van der Waals surface area contributed by atoms with Crippen LogP contribution in [0.25, 0.3) is 0 Å². The lowest BCUT2D eigenvalue weighted by molar-refractivity contribution is -0.142. The molecule has 7 N–H and O–H groups in total. The van der Waals surface area contributed by atoms with E-state index in [4.69, 9.17) is 24.1 Å².